The van der Waals surface area contributed by atoms with Crippen molar-refractivity contribution >= 4 is 18.2 Å². The van der Waals surface area contributed by atoms with Gasteiger partial charge in [0, 0.05) is 0 Å². The Morgan fingerprint density at radius 2 is 1.11 bits per heavy atom. The molecular weight excluding hydrogens is 240 g/mol. The molecule has 0 rings (SSSR count). The quantitative estimate of drug-likeness (QED) is 0.720. The number of urea groups is 1. The Morgan fingerprint density at radius 1 is 0.833 bits per heavy atom. The van der Waals surface area contributed by atoms with Crippen LogP contribution >= 0.6 is 0 Å². The van der Waals surface area contributed by atoms with E-state index in [0.29, 0.717) is 0 Å². The number of nitrogens with two attached hydrogens (primary N) is 1. The van der Waals surface area contributed by atoms with Gasteiger partial charge < -0.3 is 15.2 Å². The lowest BCUT2D eigenvalue weighted by Gasteiger charge is -2.26. The molecule has 18 heavy (non-hydrogen) atoms. The highest BCUT2D eigenvalue weighted by atomic mass is 16.6. The summed E-state index contributed by atoms with van der Waals surface area (Å²) >= 11 is 0. The van der Waals surface area contributed by atoms with Crippen LogP contribution in [0.2, 0.25) is 0 Å². The first-order valence-corrected chi connectivity index (χ1v) is 5.39. The Bertz CT molecular complexity index is 323. The molecule has 0 fully saturated rings. The molecule has 7 nitrogen and oxygen atoms in total. The second-order valence-corrected chi connectivity index (χ2v) is 5.63. The van der Waals surface area contributed by atoms with Gasteiger partial charge in [-0.3, -0.25) is 0 Å². The van der Waals surface area contributed by atoms with Gasteiger partial charge in [0.1, 0.15) is 11.2 Å². The SMILES string of the molecule is CC(C)(C)OC(=O)N(C(N)=O)C(=O)OC(C)(C)C. The highest BCUT2D eigenvalue weighted by Crippen LogP contribution is 2.14. The standard InChI is InChI=1S/C11H20N2O5/c1-10(2,3)17-8(15)13(7(12)14)9(16)18-11(4,5)6/h1-6H3,(H2,12,14). The summed E-state index contributed by atoms with van der Waals surface area (Å²) < 4.78 is 9.76. The normalized spacial score (nSPS) is 11.7. The molecule has 0 bridgehead atoms. The molecule has 0 spiro atoms. The summed E-state index contributed by atoms with van der Waals surface area (Å²) in [5.41, 5.74) is 3.25. The number of rotatable bonds is 0. The van der Waals surface area contributed by atoms with Gasteiger partial charge in [-0.2, -0.15) is 0 Å². The Morgan fingerprint density at radius 3 is 1.28 bits per heavy atom. The van der Waals surface area contributed by atoms with Crippen LogP contribution in [0.3, 0.4) is 0 Å². The zero-order valence-corrected chi connectivity index (χ0v) is 11.6. The van der Waals surface area contributed by atoms with Crippen LogP contribution in [-0.2, 0) is 9.47 Å². The highest BCUT2D eigenvalue weighted by molar-refractivity contribution is 6.05. The molecule has 0 radical (unpaired) electrons. The maximum Gasteiger partial charge on any atom is 0.428 e. The van der Waals surface area contributed by atoms with Crippen molar-refractivity contribution in [3.63, 3.8) is 0 Å². The minimum Gasteiger partial charge on any atom is -0.443 e. The number of nitrogens with zero attached hydrogens (tertiary/aromatic N) is 1. The molecule has 104 valence electrons. The van der Waals surface area contributed by atoms with Crippen molar-refractivity contribution in [3.05, 3.63) is 0 Å². The monoisotopic (exact) mass is 260 g/mol. The van der Waals surface area contributed by atoms with E-state index in [0.717, 1.165) is 0 Å². The molecule has 0 aliphatic carbocycles. The number of amides is 4. The fourth-order valence-corrected chi connectivity index (χ4v) is 0.870. The Kier molecular flexibility index (Phi) is 4.72. The van der Waals surface area contributed by atoms with Gasteiger partial charge in [0.2, 0.25) is 0 Å². The first-order chi connectivity index (χ1) is 7.83. The van der Waals surface area contributed by atoms with Crippen molar-refractivity contribution in [3.8, 4) is 0 Å². The topological polar surface area (TPSA) is 98.9 Å². The van der Waals surface area contributed by atoms with E-state index in [1.165, 1.54) is 0 Å². The summed E-state index contributed by atoms with van der Waals surface area (Å²) in [6.45, 7) is 9.58. The molecule has 0 heterocycles. The van der Waals surface area contributed by atoms with Crippen molar-refractivity contribution in [1.29, 1.82) is 0 Å². The number of primary amides is 1. The number of ether oxygens (including phenoxy) is 2. The molecule has 0 aromatic carbocycles. The lowest BCUT2D eigenvalue weighted by atomic mass is 10.2. The molecule has 0 atom stereocenters. The molecule has 7 heteroatoms. The zero-order chi connectivity index (χ0) is 14.7. The molecule has 0 aliphatic rings. The van der Waals surface area contributed by atoms with E-state index in [-0.39, 0.29) is 4.90 Å². The van der Waals surface area contributed by atoms with E-state index in [4.69, 9.17) is 15.2 Å². The maximum absolute atomic E-state index is 11.6. The van der Waals surface area contributed by atoms with E-state index in [9.17, 15) is 14.4 Å². The Hall–Kier alpha value is -1.79. The zero-order valence-electron chi connectivity index (χ0n) is 11.6. The third-order valence-corrected chi connectivity index (χ3v) is 1.37. The third kappa shape index (κ3) is 6.07. The Labute approximate surface area is 106 Å². The first-order valence-electron chi connectivity index (χ1n) is 5.39. The molecular formula is C11H20N2O5. The van der Waals surface area contributed by atoms with Crippen molar-refractivity contribution in [2.75, 3.05) is 0 Å². The van der Waals surface area contributed by atoms with E-state index in [1.807, 2.05) is 0 Å². The van der Waals surface area contributed by atoms with Gasteiger partial charge in [-0.05, 0) is 41.5 Å². The van der Waals surface area contributed by atoms with Crippen LogP contribution in [-0.4, -0.2) is 34.3 Å². The van der Waals surface area contributed by atoms with Gasteiger partial charge in [0.15, 0.2) is 0 Å². The second-order valence-electron chi connectivity index (χ2n) is 5.63. The van der Waals surface area contributed by atoms with Gasteiger partial charge in [0.05, 0.1) is 0 Å². The van der Waals surface area contributed by atoms with Gasteiger partial charge in [-0.25, -0.2) is 14.4 Å². The fourth-order valence-electron chi connectivity index (χ4n) is 0.870. The summed E-state index contributed by atoms with van der Waals surface area (Å²) in [6, 6.07) is -1.25. The van der Waals surface area contributed by atoms with Crippen LogP contribution in [0.1, 0.15) is 41.5 Å². The van der Waals surface area contributed by atoms with Gasteiger partial charge in [0.25, 0.3) is 0 Å². The molecule has 0 saturated carbocycles. The molecule has 0 aromatic rings. The number of hydrogen-bond donors (Lipinski definition) is 1. The van der Waals surface area contributed by atoms with Crippen LogP contribution in [0.4, 0.5) is 14.4 Å². The summed E-state index contributed by atoms with van der Waals surface area (Å²) in [7, 11) is 0. The van der Waals surface area contributed by atoms with Crippen LogP contribution < -0.4 is 5.73 Å². The van der Waals surface area contributed by atoms with Crippen molar-refractivity contribution in [2.24, 2.45) is 5.73 Å². The minimum atomic E-state index is -1.25. The number of hydrogen-bond acceptors (Lipinski definition) is 5. The van der Waals surface area contributed by atoms with E-state index in [1.54, 1.807) is 41.5 Å². The van der Waals surface area contributed by atoms with Gasteiger partial charge >= 0.3 is 18.2 Å². The second kappa shape index (κ2) is 5.24. The molecule has 2 N–H and O–H groups in total. The summed E-state index contributed by atoms with van der Waals surface area (Å²) in [6.07, 6.45) is -2.33. The van der Waals surface area contributed by atoms with Crippen molar-refractivity contribution in [1.82, 2.24) is 4.90 Å². The lowest BCUT2D eigenvalue weighted by molar-refractivity contribution is 0.0106. The predicted octanol–water partition coefficient (Wildman–Crippen LogP) is 2.24. The lowest BCUT2D eigenvalue weighted by Crippen LogP contribution is -2.49. The largest absolute Gasteiger partial charge is 0.443 e. The molecule has 0 saturated heterocycles. The van der Waals surface area contributed by atoms with Crippen LogP contribution in [0.15, 0.2) is 0 Å². The minimum absolute atomic E-state index is 0.122. The maximum atomic E-state index is 11.6. The van der Waals surface area contributed by atoms with Gasteiger partial charge in [-0.15, -0.1) is 4.90 Å². The number of imide groups is 3. The van der Waals surface area contributed by atoms with Crippen LogP contribution in [0.25, 0.3) is 0 Å². The van der Waals surface area contributed by atoms with E-state index in [2.05, 4.69) is 0 Å². The summed E-state index contributed by atoms with van der Waals surface area (Å²) in [5.74, 6) is 0. The van der Waals surface area contributed by atoms with Crippen molar-refractivity contribution < 1.29 is 23.9 Å². The number of carbonyl (C=O) groups excluding carboxylic acids is 3. The highest BCUT2D eigenvalue weighted by Gasteiger charge is 2.34. The summed E-state index contributed by atoms with van der Waals surface area (Å²) in [4.78, 5) is 34.5. The van der Waals surface area contributed by atoms with Gasteiger partial charge in [-0.1, -0.05) is 0 Å². The molecule has 4 amide bonds. The van der Waals surface area contributed by atoms with Crippen LogP contribution in [0.5, 0.6) is 0 Å². The molecule has 0 aromatic heterocycles. The molecule has 0 unspecified atom stereocenters. The predicted molar refractivity (Wildman–Crippen MR) is 63.9 cm³/mol. The smallest absolute Gasteiger partial charge is 0.428 e. The fraction of sp³-hybridized carbons (Fsp3) is 0.727. The average molecular weight is 260 g/mol. The average Bonchev–Trinajstić information content (AvgIpc) is 1.93. The number of carbonyl (C=O) groups is 3. The van der Waals surface area contributed by atoms with Crippen LogP contribution in [0, 0.1) is 0 Å². The first kappa shape index (κ1) is 16.2. The third-order valence-electron chi connectivity index (χ3n) is 1.37. The van der Waals surface area contributed by atoms with Crippen molar-refractivity contribution in [2.45, 2.75) is 52.7 Å². The summed E-state index contributed by atoms with van der Waals surface area (Å²) in [5, 5.41) is 0. The molecule has 0 aliphatic heterocycles. The Balaban J connectivity index is 4.93. The van der Waals surface area contributed by atoms with E-state index >= 15 is 0 Å². The van der Waals surface area contributed by atoms with E-state index < -0.39 is 29.4 Å².